The summed E-state index contributed by atoms with van der Waals surface area (Å²) in [7, 11) is 2.26. The number of hydrogen-bond acceptors (Lipinski definition) is 2. The van der Waals surface area contributed by atoms with Gasteiger partial charge in [-0.05, 0) is 32.9 Å². The van der Waals surface area contributed by atoms with Gasteiger partial charge in [0, 0.05) is 19.3 Å². The smallest absolute Gasteiger partial charge is 0.0480 e. The van der Waals surface area contributed by atoms with Crippen LogP contribution in [-0.2, 0) is 4.74 Å². The fraction of sp³-hybridized carbons (Fsp3) is 1.00. The molecule has 0 unspecified atom stereocenters. The third kappa shape index (κ3) is 4.10. The second kappa shape index (κ2) is 6.39. The highest BCUT2D eigenvalue weighted by Crippen LogP contribution is 2.13. The van der Waals surface area contributed by atoms with Crippen molar-refractivity contribution in [1.29, 1.82) is 0 Å². The lowest BCUT2D eigenvalue weighted by Gasteiger charge is -2.31. The summed E-state index contributed by atoms with van der Waals surface area (Å²) in [5.74, 6) is 0. The van der Waals surface area contributed by atoms with Gasteiger partial charge in [0.2, 0.25) is 0 Å². The summed E-state index contributed by atoms with van der Waals surface area (Å²) >= 11 is 0. The van der Waals surface area contributed by atoms with Crippen LogP contribution in [0.1, 0.15) is 39.0 Å². The monoisotopic (exact) mass is 185 g/mol. The van der Waals surface area contributed by atoms with E-state index in [9.17, 15) is 0 Å². The van der Waals surface area contributed by atoms with E-state index in [0.717, 1.165) is 19.3 Å². The number of rotatable bonds is 5. The van der Waals surface area contributed by atoms with Gasteiger partial charge in [-0.2, -0.15) is 0 Å². The molecule has 78 valence electrons. The predicted octanol–water partition coefficient (Wildman–Crippen LogP) is 2.29. The average Bonchev–Trinajstić information content (AvgIpc) is 2.19. The largest absolute Gasteiger partial charge is 0.381 e. The van der Waals surface area contributed by atoms with E-state index in [4.69, 9.17) is 4.74 Å². The molecule has 1 heterocycles. The van der Waals surface area contributed by atoms with Crippen molar-refractivity contribution in [2.24, 2.45) is 0 Å². The minimum atomic E-state index is 0.783. The van der Waals surface area contributed by atoms with Gasteiger partial charge in [-0.15, -0.1) is 0 Å². The Morgan fingerprint density at radius 3 is 2.54 bits per heavy atom. The van der Waals surface area contributed by atoms with E-state index in [1.54, 1.807) is 0 Å². The van der Waals surface area contributed by atoms with Crippen LogP contribution in [0.15, 0.2) is 0 Å². The Bertz CT molecular complexity index is 121. The normalized spacial score (nSPS) is 19.6. The van der Waals surface area contributed by atoms with Gasteiger partial charge in [0.15, 0.2) is 0 Å². The van der Waals surface area contributed by atoms with Crippen molar-refractivity contribution in [3.8, 4) is 0 Å². The summed E-state index contributed by atoms with van der Waals surface area (Å²) in [5, 5.41) is 0. The summed E-state index contributed by atoms with van der Waals surface area (Å²) in [6.07, 6.45) is 6.49. The Balaban J connectivity index is 2.09. The number of nitrogens with zero attached hydrogens (tertiary/aromatic N) is 1. The van der Waals surface area contributed by atoms with E-state index in [-0.39, 0.29) is 0 Å². The van der Waals surface area contributed by atoms with Crippen molar-refractivity contribution in [3.05, 3.63) is 0 Å². The maximum atomic E-state index is 5.35. The van der Waals surface area contributed by atoms with Crippen molar-refractivity contribution in [1.82, 2.24) is 4.90 Å². The Labute approximate surface area is 82.3 Å². The van der Waals surface area contributed by atoms with Crippen molar-refractivity contribution < 1.29 is 4.74 Å². The molecule has 1 aliphatic rings. The van der Waals surface area contributed by atoms with Gasteiger partial charge in [-0.1, -0.05) is 19.8 Å². The third-order valence-electron chi connectivity index (χ3n) is 2.93. The first-order chi connectivity index (χ1) is 6.34. The van der Waals surface area contributed by atoms with Crippen LogP contribution in [-0.4, -0.2) is 37.7 Å². The molecule has 0 atom stereocenters. The zero-order chi connectivity index (χ0) is 9.52. The molecule has 0 radical (unpaired) electrons. The fourth-order valence-electron chi connectivity index (χ4n) is 1.92. The van der Waals surface area contributed by atoms with Crippen LogP contribution in [0.4, 0.5) is 0 Å². The Morgan fingerprint density at radius 2 is 1.92 bits per heavy atom. The maximum absolute atomic E-state index is 5.35. The zero-order valence-corrected chi connectivity index (χ0v) is 9.09. The van der Waals surface area contributed by atoms with Crippen LogP contribution in [0, 0.1) is 0 Å². The number of unbranched alkanes of at least 4 members (excludes halogenated alkanes) is 2. The van der Waals surface area contributed by atoms with E-state index in [1.807, 2.05) is 0 Å². The standard InChI is InChI=1S/C11H23NO/c1-3-4-5-8-12(2)11-6-9-13-10-7-11/h11H,3-10H2,1-2H3. The molecule has 1 saturated heterocycles. The summed E-state index contributed by atoms with van der Waals surface area (Å²) in [5.41, 5.74) is 0. The first-order valence-electron chi connectivity index (χ1n) is 5.62. The van der Waals surface area contributed by atoms with Crippen molar-refractivity contribution in [2.45, 2.75) is 45.1 Å². The van der Waals surface area contributed by atoms with E-state index in [0.29, 0.717) is 0 Å². The second-order valence-corrected chi connectivity index (χ2v) is 4.03. The molecule has 2 heteroatoms. The van der Waals surface area contributed by atoms with Crippen molar-refractivity contribution in [3.63, 3.8) is 0 Å². The zero-order valence-electron chi connectivity index (χ0n) is 9.09. The van der Waals surface area contributed by atoms with Gasteiger partial charge in [-0.25, -0.2) is 0 Å². The second-order valence-electron chi connectivity index (χ2n) is 4.03. The van der Waals surface area contributed by atoms with Gasteiger partial charge in [0.05, 0.1) is 0 Å². The molecule has 2 nitrogen and oxygen atoms in total. The molecule has 0 aromatic rings. The molecule has 0 saturated carbocycles. The van der Waals surface area contributed by atoms with Gasteiger partial charge in [-0.3, -0.25) is 0 Å². The van der Waals surface area contributed by atoms with E-state index < -0.39 is 0 Å². The van der Waals surface area contributed by atoms with Gasteiger partial charge in [0.1, 0.15) is 0 Å². The maximum Gasteiger partial charge on any atom is 0.0480 e. The van der Waals surface area contributed by atoms with E-state index >= 15 is 0 Å². The summed E-state index contributed by atoms with van der Waals surface area (Å²) in [6, 6.07) is 0.783. The predicted molar refractivity (Wildman–Crippen MR) is 56.0 cm³/mol. The van der Waals surface area contributed by atoms with Crippen LogP contribution in [0.5, 0.6) is 0 Å². The molecule has 0 amide bonds. The number of ether oxygens (including phenoxy) is 1. The molecule has 0 aromatic heterocycles. The minimum Gasteiger partial charge on any atom is -0.381 e. The molecule has 1 fully saturated rings. The van der Waals surface area contributed by atoms with Crippen LogP contribution in [0.2, 0.25) is 0 Å². The Morgan fingerprint density at radius 1 is 1.23 bits per heavy atom. The van der Waals surface area contributed by atoms with Gasteiger partial charge >= 0.3 is 0 Å². The molecule has 1 rings (SSSR count). The van der Waals surface area contributed by atoms with Crippen molar-refractivity contribution in [2.75, 3.05) is 26.8 Å². The van der Waals surface area contributed by atoms with Crippen LogP contribution in [0.3, 0.4) is 0 Å². The highest BCUT2D eigenvalue weighted by molar-refractivity contribution is 4.71. The lowest BCUT2D eigenvalue weighted by Crippen LogP contribution is -2.37. The topological polar surface area (TPSA) is 12.5 Å². The van der Waals surface area contributed by atoms with E-state index in [2.05, 4.69) is 18.9 Å². The fourth-order valence-corrected chi connectivity index (χ4v) is 1.92. The molecule has 0 spiro atoms. The Kier molecular flexibility index (Phi) is 5.40. The average molecular weight is 185 g/mol. The van der Waals surface area contributed by atoms with Gasteiger partial charge in [0.25, 0.3) is 0 Å². The third-order valence-corrected chi connectivity index (χ3v) is 2.93. The molecule has 0 N–H and O–H groups in total. The first-order valence-corrected chi connectivity index (χ1v) is 5.62. The lowest BCUT2D eigenvalue weighted by atomic mass is 10.1. The van der Waals surface area contributed by atoms with Crippen LogP contribution < -0.4 is 0 Å². The van der Waals surface area contributed by atoms with Crippen LogP contribution in [0.25, 0.3) is 0 Å². The molecule has 0 aromatic carbocycles. The highest BCUT2D eigenvalue weighted by Gasteiger charge is 2.17. The van der Waals surface area contributed by atoms with Gasteiger partial charge < -0.3 is 9.64 Å². The SMILES string of the molecule is CCCCCN(C)C1CCOCC1. The quantitative estimate of drug-likeness (QED) is 0.609. The van der Waals surface area contributed by atoms with E-state index in [1.165, 1.54) is 38.6 Å². The molecular weight excluding hydrogens is 162 g/mol. The van der Waals surface area contributed by atoms with Crippen molar-refractivity contribution >= 4 is 0 Å². The molecule has 13 heavy (non-hydrogen) atoms. The Hall–Kier alpha value is -0.0800. The van der Waals surface area contributed by atoms with Crippen LogP contribution >= 0.6 is 0 Å². The highest BCUT2D eigenvalue weighted by atomic mass is 16.5. The summed E-state index contributed by atoms with van der Waals surface area (Å²) < 4.78 is 5.35. The molecule has 1 aliphatic heterocycles. The molecular formula is C11H23NO. The lowest BCUT2D eigenvalue weighted by molar-refractivity contribution is 0.0426. The molecule has 0 aliphatic carbocycles. The molecule has 0 bridgehead atoms. The minimum absolute atomic E-state index is 0.783. The summed E-state index contributed by atoms with van der Waals surface area (Å²) in [4.78, 5) is 2.51. The summed E-state index contributed by atoms with van der Waals surface area (Å²) in [6.45, 7) is 5.44. The number of hydrogen-bond donors (Lipinski definition) is 0. The first kappa shape index (κ1) is 11.0.